The van der Waals surface area contributed by atoms with Gasteiger partial charge in [0.05, 0.1) is 0 Å². The third-order valence-electron chi connectivity index (χ3n) is 0.103. The van der Waals surface area contributed by atoms with Crippen LogP contribution in [0, 0.1) is 0 Å². The fraction of sp³-hybridized carbons (Fsp3) is 0. The first-order valence-corrected chi connectivity index (χ1v) is 0.916. The SMILES string of the molecule is [N-]=[N+]=N[B]O. The molecule has 0 spiro atoms. The van der Waals surface area contributed by atoms with Crippen molar-refractivity contribution >= 4 is 7.62 Å². The Balaban J connectivity index is 2.93. The summed E-state index contributed by atoms with van der Waals surface area (Å²) < 4.78 is 0. The molecule has 0 saturated heterocycles. The van der Waals surface area contributed by atoms with E-state index in [1.165, 1.54) is 0 Å². The summed E-state index contributed by atoms with van der Waals surface area (Å²) in [6.07, 6.45) is 0. The van der Waals surface area contributed by atoms with E-state index in [9.17, 15) is 0 Å². The number of hydrogen-bond acceptors (Lipinski definition) is 2. The van der Waals surface area contributed by atoms with Gasteiger partial charge in [0.2, 0.25) is 0 Å². The summed E-state index contributed by atoms with van der Waals surface area (Å²) in [5, 5.41) is 10.1. The van der Waals surface area contributed by atoms with Gasteiger partial charge in [-0.2, -0.15) is 0 Å². The Hall–Kier alpha value is -0.665. The summed E-state index contributed by atoms with van der Waals surface area (Å²) in [5.41, 5.74) is 7.33. The average molecular weight is 69.8 g/mol. The van der Waals surface area contributed by atoms with Gasteiger partial charge < -0.3 is 5.02 Å². The van der Waals surface area contributed by atoms with Crippen LogP contribution < -0.4 is 0 Å². The van der Waals surface area contributed by atoms with Gasteiger partial charge in [-0.25, -0.2) is 0 Å². The van der Waals surface area contributed by atoms with Crippen LogP contribution in [0.25, 0.3) is 10.4 Å². The van der Waals surface area contributed by atoms with Crippen LogP contribution in [0.15, 0.2) is 5.03 Å². The summed E-state index contributed by atoms with van der Waals surface area (Å²) in [4.78, 5) is 2.17. The summed E-state index contributed by atoms with van der Waals surface area (Å²) in [6.45, 7) is 0. The molecule has 0 aromatic heterocycles. The number of nitrogens with zero attached hydrogens (tertiary/aromatic N) is 3. The first-order valence-electron chi connectivity index (χ1n) is 0.916. The van der Waals surface area contributed by atoms with Gasteiger partial charge >= 0.3 is 7.62 Å². The van der Waals surface area contributed by atoms with Crippen molar-refractivity contribution in [3.63, 3.8) is 0 Å². The molecular weight excluding hydrogens is 68.8 g/mol. The van der Waals surface area contributed by atoms with Gasteiger partial charge in [-0.1, -0.05) is 0 Å². The second-order valence-corrected chi connectivity index (χ2v) is 0.320. The third-order valence-corrected chi connectivity index (χ3v) is 0.103. The van der Waals surface area contributed by atoms with Crippen molar-refractivity contribution in [1.82, 2.24) is 0 Å². The number of hydrogen-bond donors (Lipinski definition) is 1. The number of azide groups is 1. The molecule has 0 aromatic rings. The minimum absolute atomic E-state index is 0.389. The molecule has 1 radical (unpaired) electrons. The van der Waals surface area contributed by atoms with Crippen molar-refractivity contribution in [3.8, 4) is 0 Å². The van der Waals surface area contributed by atoms with Gasteiger partial charge in [0.1, 0.15) is 0 Å². The van der Waals surface area contributed by atoms with Crippen LogP contribution in [0.5, 0.6) is 0 Å². The van der Waals surface area contributed by atoms with Crippen LogP contribution in [-0.4, -0.2) is 12.6 Å². The maximum absolute atomic E-state index is 7.52. The van der Waals surface area contributed by atoms with Gasteiger partial charge in [0, 0.05) is 0 Å². The Morgan fingerprint density at radius 1 is 2.00 bits per heavy atom. The summed E-state index contributed by atoms with van der Waals surface area (Å²) >= 11 is 0. The highest BCUT2D eigenvalue weighted by Gasteiger charge is 1.62. The highest BCUT2D eigenvalue weighted by Crippen LogP contribution is 1.53. The standard InChI is InChI=1S/BHN3O/c2-4-3-1-5/h5H. The van der Waals surface area contributed by atoms with Crippen LogP contribution in [0.2, 0.25) is 0 Å². The van der Waals surface area contributed by atoms with Gasteiger partial charge in [-0.05, 0) is 10.4 Å². The predicted molar refractivity (Wildman–Crippen MR) is 17.1 cm³/mol. The fourth-order valence-electron chi connectivity index (χ4n) is 0.0231. The van der Waals surface area contributed by atoms with Crippen LogP contribution in [-0.2, 0) is 0 Å². The molecule has 0 aromatic carbocycles. The summed E-state index contributed by atoms with van der Waals surface area (Å²) in [7, 11) is 0.389. The molecule has 0 rings (SSSR count). The van der Waals surface area contributed by atoms with Crippen LogP contribution >= 0.6 is 0 Å². The Labute approximate surface area is 29.3 Å². The van der Waals surface area contributed by atoms with Gasteiger partial charge in [0.25, 0.3) is 0 Å². The molecule has 0 heterocycles. The molecule has 0 aliphatic rings. The molecule has 4 nitrogen and oxygen atoms in total. The lowest BCUT2D eigenvalue weighted by atomic mass is 10.4. The van der Waals surface area contributed by atoms with Gasteiger partial charge in [0.15, 0.2) is 0 Å². The Bertz CT molecular complexity index is 53.9. The third kappa shape index (κ3) is 3.33. The topological polar surface area (TPSA) is 69.0 Å². The van der Waals surface area contributed by atoms with E-state index >= 15 is 0 Å². The van der Waals surface area contributed by atoms with Crippen molar-refractivity contribution in [2.75, 3.05) is 0 Å². The Morgan fingerprint density at radius 3 is 2.60 bits per heavy atom. The molecule has 0 fully saturated rings. The molecular formula is HBN3O. The van der Waals surface area contributed by atoms with E-state index < -0.39 is 0 Å². The quantitative estimate of drug-likeness (QED) is 0.198. The van der Waals surface area contributed by atoms with Crippen molar-refractivity contribution in [1.29, 1.82) is 0 Å². The van der Waals surface area contributed by atoms with E-state index in [1.54, 1.807) is 0 Å². The van der Waals surface area contributed by atoms with Crippen molar-refractivity contribution in [2.45, 2.75) is 0 Å². The lowest BCUT2D eigenvalue weighted by molar-refractivity contribution is 0.604. The zero-order valence-electron chi connectivity index (χ0n) is 2.37. The van der Waals surface area contributed by atoms with Crippen LogP contribution in [0.3, 0.4) is 0 Å². The van der Waals surface area contributed by atoms with E-state index in [4.69, 9.17) is 10.6 Å². The maximum Gasteiger partial charge on any atom is 0.391 e. The second-order valence-electron chi connectivity index (χ2n) is 0.320. The molecule has 0 aliphatic heterocycles. The maximum atomic E-state index is 7.52. The molecule has 0 amide bonds. The Kier molecular flexibility index (Phi) is 2.89. The highest BCUT2D eigenvalue weighted by molar-refractivity contribution is 6.22. The fourth-order valence-corrected chi connectivity index (χ4v) is 0.0231. The lowest BCUT2D eigenvalue weighted by Gasteiger charge is -1.53. The minimum Gasteiger partial charge on any atom is -0.451 e. The van der Waals surface area contributed by atoms with E-state index in [-0.39, 0.29) is 0 Å². The first-order chi connectivity index (χ1) is 2.41. The average Bonchev–Trinajstić information content (AvgIpc) is 1.41. The van der Waals surface area contributed by atoms with Gasteiger partial charge in [-0.15, -0.1) is 5.03 Å². The van der Waals surface area contributed by atoms with Crippen LogP contribution in [0.4, 0.5) is 0 Å². The van der Waals surface area contributed by atoms with E-state index in [2.05, 4.69) is 9.94 Å². The van der Waals surface area contributed by atoms with E-state index in [0.717, 1.165) is 0 Å². The monoisotopic (exact) mass is 70.0 g/mol. The molecule has 5 heavy (non-hydrogen) atoms. The molecule has 1 N–H and O–H groups in total. The normalized spacial score (nSPS) is 5.00. The molecule has 0 bridgehead atoms. The molecule has 0 saturated carbocycles. The molecule has 0 atom stereocenters. The smallest absolute Gasteiger partial charge is 0.391 e. The predicted octanol–water partition coefficient (Wildman–Crippen LogP) is -0.177. The lowest BCUT2D eigenvalue weighted by Crippen LogP contribution is -1.71. The molecule has 0 unspecified atom stereocenters. The van der Waals surface area contributed by atoms with Crippen molar-refractivity contribution in [2.24, 2.45) is 5.03 Å². The zero-order chi connectivity index (χ0) is 4.12. The van der Waals surface area contributed by atoms with Crippen molar-refractivity contribution in [3.05, 3.63) is 10.4 Å². The minimum atomic E-state index is 0.389. The van der Waals surface area contributed by atoms with E-state index in [1.807, 2.05) is 0 Å². The van der Waals surface area contributed by atoms with Gasteiger partial charge in [-0.3, -0.25) is 0 Å². The summed E-state index contributed by atoms with van der Waals surface area (Å²) in [5.74, 6) is 0. The summed E-state index contributed by atoms with van der Waals surface area (Å²) in [6, 6.07) is 0. The van der Waals surface area contributed by atoms with Crippen LogP contribution in [0.1, 0.15) is 0 Å². The first kappa shape index (κ1) is 4.33. The largest absolute Gasteiger partial charge is 0.451 e. The molecule has 0 aliphatic carbocycles. The van der Waals surface area contributed by atoms with Crippen molar-refractivity contribution < 1.29 is 5.02 Å². The zero-order valence-corrected chi connectivity index (χ0v) is 2.37. The number of rotatable bonds is 1. The van der Waals surface area contributed by atoms with E-state index in [0.29, 0.717) is 7.62 Å². The molecule has 25 valence electrons. The molecule has 5 heteroatoms. The Morgan fingerprint density at radius 2 is 2.60 bits per heavy atom. The second kappa shape index (κ2) is 3.33. The highest BCUT2D eigenvalue weighted by atomic mass is 16.2.